The SMILES string of the molecule is CCOc1cc(N2C3CCC2CC(N)C3)cc([N+](=O)[O-])c1. The van der Waals surface area contributed by atoms with Crippen molar-refractivity contribution in [2.24, 2.45) is 5.73 Å². The molecule has 1 aromatic rings. The normalized spacial score (nSPS) is 27.7. The van der Waals surface area contributed by atoms with Gasteiger partial charge in [-0.15, -0.1) is 0 Å². The molecule has 21 heavy (non-hydrogen) atoms. The van der Waals surface area contributed by atoms with Crippen LogP contribution in [0.25, 0.3) is 0 Å². The summed E-state index contributed by atoms with van der Waals surface area (Å²) >= 11 is 0. The predicted octanol–water partition coefficient (Wildman–Crippen LogP) is 2.45. The van der Waals surface area contributed by atoms with E-state index in [0.717, 1.165) is 31.4 Å². The molecule has 2 heterocycles. The highest BCUT2D eigenvalue weighted by atomic mass is 16.6. The Morgan fingerprint density at radius 3 is 2.57 bits per heavy atom. The van der Waals surface area contributed by atoms with Crippen molar-refractivity contribution >= 4 is 11.4 Å². The van der Waals surface area contributed by atoms with Crippen molar-refractivity contribution in [3.05, 3.63) is 28.3 Å². The van der Waals surface area contributed by atoms with Gasteiger partial charge in [0, 0.05) is 35.9 Å². The lowest BCUT2D eigenvalue weighted by Crippen LogP contribution is -2.47. The predicted molar refractivity (Wildman–Crippen MR) is 80.8 cm³/mol. The van der Waals surface area contributed by atoms with Crippen LogP contribution in [0.5, 0.6) is 5.75 Å². The average Bonchev–Trinajstić information content (AvgIpc) is 2.71. The smallest absolute Gasteiger partial charge is 0.275 e. The minimum atomic E-state index is -0.358. The van der Waals surface area contributed by atoms with Gasteiger partial charge in [-0.3, -0.25) is 10.1 Å². The number of anilines is 1. The summed E-state index contributed by atoms with van der Waals surface area (Å²) in [5.41, 5.74) is 7.08. The summed E-state index contributed by atoms with van der Waals surface area (Å²) in [6.07, 6.45) is 4.16. The van der Waals surface area contributed by atoms with Crippen molar-refractivity contribution in [2.45, 2.75) is 50.7 Å². The molecule has 0 saturated carbocycles. The number of ether oxygens (including phenoxy) is 1. The maximum absolute atomic E-state index is 11.1. The van der Waals surface area contributed by atoms with E-state index in [1.54, 1.807) is 6.07 Å². The van der Waals surface area contributed by atoms with E-state index in [1.807, 2.05) is 13.0 Å². The number of hydrogen-bond acceptors (Lipinski definition) is 5. The summed E-state index contributed by atoms with van der Waals surface area (Å²) in [5.74, 6) is 0.566. The van der Waals surface area contributed by atoms with E-state index >= 15 is 0 Å². The van der Waals surface area contributed by atoms with E-state index in [2.05, 4.69) is 4.90 Å². The highest BCUT2D eigenvalue weighted by molar-refractivity contribution is 5.60. The summed E-state index contributed by atoms with van der Waals surface area (Å²) in [4.78, 5) is 13.1. The number of nitro groups is 1. The Morgan fingerprint density at radius 1 is 1.33 bits per heavy atom. The van der Waals surface area contributed by atoms with Crippen LogP contribution >= 0.6 is 0 Å². The van der Waals surface area contributed by atoms with Gasteiger partial charge in [-0.1, -0.05) is 0 Å². The molecule has 2 fully saturated rings. The van der Waals surface area contributed by atoms with Crippen LogP contribution in [0, 0.1) is 10.1 Å². The van der Waals surface area contributed by atoms with Gasteiger partial charge < -0.3 is 15.4 Å². The molecule has 6 nitrogen and oxygen atoms in total. The number of nitro benzene ring substituents is 1. The molecule has 2 atom stereocenters. The lowest BCUT2D eigenvalue weighted by Gasteiger charge is -2.39. The van der Waals surface area contributed by atoms with Crippen LogP contribution in [0.2, 0.25) is 0 Å². The quantitative estimate of drug-likeness (QED) is 0.680. The summed E-state index contributed by atoms with van der Waals surface area (Å²) in [5, 5.41) is 11.1. The molecule has 2 aliphatic rings. The Morgan fingerprint density at radius 2 is 2.00 bits per heavy atom. The van der Waals surface area contributed by atoms with E-state index in [1.165, 1.54) is 6.07 Å². The number of fused-ring (bicyclic) bond motifs is 2. The van der Waals surface area contributed by atoms with Crippen molar-refractivity contribution in [3.63, 3.8) is 0 Å². The van der Waals surface area contributed by atoms with Crippen LogP contribution in [-0.4, -0.2) is 29.7 Å². The Kier molecular flexibility index (Phi) is 3.71. The molecule has 1 aromatic carbocycles. The molecule has 2 N–H and O–H groups in total. The first kappa shape index (κ1) is 14.1. The molecular formula is C15H21N3O3. The first-order valence-corrected chi connectivity index (χ1v) is 7.54. The van der Waals surface area contributed by atoms with Crippen LogP contribution in [0.15, 0.2) is 18.2 Å². The van der Waals surface area contributed by atoms with Crippen molar-refractivity contribution in [3.8, 4) is 5.75 Å². The highest BCUT2D eigenvalue weighted by Gasteiger charge is 2.40. The monoisotopic (exact) mass is 291 g/mol. The first-order valence-electron chi connectivity index (χ1n) is 7.54. The first-order chi connectivity index (χ1) is 10.1. The number of nitrogens with two attached hydrogens (primary N) is 1. The minimum Gasteiger partial charge on any atom is -0.494 e. The molecular weight excluding hydrogens is 270 g/mol. The van der Waals surface area contributed by atoms with Gasteiger partial charge in [0.05, 0.1) is 17.6 Å². The summed E-state index contributed by atoms with van der Waals surface area (Å²) in [7, 11) is 0. The fourth-order valence-corrected chi connectivity index (χ4v) is 3.71. The molecule has 0 amide bonds. The molecule has 0 radical (unpaired) electrons. The number of non-ortho nitro benzene ring substituents is 1. The van der Waals surface area contributed by atoms with E-state index in [0.29, 0.717) is 24.4 Å². The Balaban J connectivity index is 1.96. The number of benzene rings is 1. The molecule has 2 bridgehead atoms. The number of nitrogens with zero attached hydrogens (tertiary/aromatic N) is 2. The summed E-state index contributed by atoms with van der Waals surface area (Å²) in [6.45, 7) is 2.38. The molecule has 2 saturated heterocycles. The number of rotatable bonds is 4. The standard InChI is InChI=1S/C15H21N3O3/c1-2-21-15-8-13(7-14(9-15)18(19)20)17-11-3-4-12(17)6-10(16)5-11/h7-12H,2-6,16H2,1H3. The highest BCUT2D eigenvalue weighted by Crippen LogP contribution is 2.41. The minimum absolute atomic E-state index is 0.0882. The molecule has 0 aromatic heterocycles. The fourth-order valence-electron chi connectivity index (χ4n) is 3.71. The third-order valence-corrected chi connectivity index (χ3v) is 4.47. The van der Waals surface area contributed by atoms with Gasteiger partial charge in [-0.2, -0.15) is 0 Å². The second kappa shape index (κ2) is 5.52. The lowest BCUT2D eigenvalue weighted by molar-refractivity contribution is -0.384. The number of piperidine rings is 1. The van der Waals surface area contributed by atoms with Gasteiger partial charge in [-0.25, -0.2) is 0 Å². The van der Waals surface area contributed by atoms with E-state index in [-0.39, 0.29) is 16.7 Å². The Labute approximate surface area is 124 Å². The zero-order valence-electron chi connectivity index (χ0n) is 12.2. The van der Waals surface area contributed by atoms with Gasteiger partial charge >= 0.3 is 0 Å². The van der Waals surface area contributed by atoms with Crippen LogP contribution in [-0.2, 0) is 0 Å². The van der Waals surface area contributed by atoms with Crippen molar-refractivity contribution in [1.29, 1.82) is 0 Å². The van der Waals surface area contributed by atoms with Crippen molar-refractivity contribution in [2.75, 3.05) is 11.5 Å². The largest absolute Gasteiger partial charge is 0.494 e. The topological polar surface area (TPSA) is 81.6 Å². The van der Waals surface area contributed by atoms with Gasteiger partial charge in [0.15, 0.2) is 0 Å². The van der Waals surface area contributed by atoms with E-state index in [4.69, 9.17) is 10.5 Å². The molecule has 0 aliphatic carbocycles. The average molecular weight is 291 g/mol. The maximum atomic E-state index is 11.1. The summed E-state index contributed by atoms with van der Waals surface area (Å²) in [6, 6.07) is 6.11. The molecule has 2 aliphatic heterocycles. The summed E-state index contributed by atoms with van der Waals surface area (Å²) < 4.78 is 5.48. The van der Waals surface area contributed by atoms with Crippen LogP contribution < -0.4 is 15.4 Å². The van der Waals surface area contributed by atoms with Crippen molar-refractivity contribution < 1.29 is 9.66 Å². The van der Waals surface area contributed by atoms with Crippen molar-refractivity contribution in [1.82, 2.24) is 0 Å². The van der Waals surface area contributed by atoms with Gasteiger partial charge in [0.2, 0.25) is 0 Å². The zero-order chi connectivity index (χ0) is 15.0. The molecule has 3 rings (SSSR count). The number of hydrogen-bond donors (Lipinski definition) is 1. The second-order valence-corrected chi connectivity index (χ2v) is 5.90. The van der Waals surface area contributed by atoms with E-state index < -0.39 is 0 Å². The zero-order valence-corrected chi connectivity index (χ0v) is 12.2. The lowest BCUT2D eigenvalue weighted by atomic mass is 9.97. The molecule has 0 spiro atoms. The van der Waals surface area contributed by atoms with Gasteiger partial charge in [-0.05, 0) is 32.6 Å². The van der Waals surface area contributed by atoms with Gasteiger partial charge in [0.25, 0.3) is 5.69 Å². The Hall–Kier alpha value is -1.82. The van der Waals surface area contributed by atoms with Crippen LogP contribution in [0.3, 0.4) is 0 Å². The van der Waals surface area contributed by atoms with E-state index in [9.17, 15) is 10.1 Å². The van der Waals surface area contributed by atoms with Crippen LogP contribution in [0.1, 0.15) is 32.6 Å². The third-order valence-electron chi connectivity index (χ3n) is 4.47. The maximum Gasteiger partial charge on any atom is 0.275 e. The molecule has 6 heteroatoms. The Bertz CT molecular complexity index is 535. The molecule has 114 valence electrons. The fraction of sp³-hybridized carbons (Fsp3) is 0.600. The van der Waals surface area contributed by atoms with Crippen LogP contribution in [0.4, 0.5) is 11.4 Å². The third kappa shape index (κ3) is 2.68. The molecule has 2 unspecified atom stereocenters. The second-order valence-electron chi connectivity index (χ2n) is 5.90. The van der Waals surface area contributed by atoms with Gasteiger partial charge in [0.1, 0.15) is 5.75 Å².